The van der Waals surface area contributed by atoms with E-state index in [1.54, 1.807) is 4.90 Å². The van der Waals surface area contributed by atoms with Crippen LogP contribution < -0.4 is 4.90 Å². The van der Waals surface area contributed by atoms with Gasteiger partial charge < -0.3 is 14.5 Å². The van der Waals surface area contributed by atoms with E-state index in [4.69, 9.17) is 4.74 Å². The highest BCUT2D eigenvalue weighted by Crippen LogP contribution is 2.15. The molecule has 0 aliphatic carbocycles. The minimum atomic E-state index is -0.128. The van der Waals surface area contributed by atoms with Gasteiger partial charge in [-0.15, -0.1) is 0 Å². The summed E-state index contributed by atoms with van der Waals surface area (Å²) in [6.07, 6.45) is 3.52. The van der Waals surface area contributed by atoms with E-state index < -0.39 is 0 Å². The minimum Gasteiger partial charge on any atom is -0.450 e. The summed E-state index contributed by atoms with van der Waals surface area (Å²) in [5.41, 5.74) is 0. The van der Waals surface area contributed by atoms with Crippen LogP contribution in [0.25, 0.3) is 0 Å². The Bertz CT molecular complexity index is 291. The number of ether oxygens (including phenoxy) is 1. The van der Waals surface area contributed by atoms with Crippen LogP contribution >= 0.6 is 0 Å². The lowest BCUT2D eigenvalue weighted by molar-refractivity contribution is -0.938. The van der Waals surface area contributed by atoms with Crippen molar-refractivity contribution >= 4 is 6.09 Å². The third-order valence-electron chi connectivity index (χ3n) is 4.62. The zero-order valence-electron chi connectivity index (χ0n) is 12.7. The molecule has 0 aromatic carbocycles. The van der Waals surface area contributed by atoms with Crippen molar-refractivity contribution in [3.63, 3.8) is 0 Å². The van der Waals surface area contributed by atoms with Gasteiger partial charge in [0, 0.05) is 37.8 Å². The molecule has 1 N–H and O–H groups in total. The van der Waals surface area contributed by atoms with Gasteiger partial charge >= 0.3 is 6.09 Å². The summed E-state index contributed by atoms with van der Waals surface area (Å²) in [4.78, 5) is 15.3. The molecule has 1 unspecified atom stereocenters. The molecule has 2 rings (SSSR count). The second-order valence-corrected chi connectivity index (χ2v) is 6.47. The Hall–Kier alpha value is -0.770. The summed E-state index contributed by atoms with van der Waals surface area (Å²) in [7, 11) is 0. The molecule has 0 saturated carbocycles. The van der Waals surface area contributed by atoms with Crippen LogP contribution in [-0.2, 0) is 4.74 Å². The smallest absolute Gasteiger partial charge is 0.409 e. The zero-order valence-corrected chi connectivity index (χ0v) is 12.7. The normalized spacial score (nSPS) is 33.2. The molecule has 3 atom stereocenters. The fraction of sp³-hybridized carbons (Fsp3) is 0.933. The van der Waals surface area contributed by atoms with E-state index in [1.807, 2.05) is 11.8 Å². The van der Waals surface area contributed by atoms with E-state index in [1.165, 1.54) is 19.5 Å². The molecule has 0 radical (unpaired) electrons. The fourth-order valence-electron chi connectivity index (χ4n) is 3.85. The van der Waals surface area contributed by atoms with Crippen LogP contribution in [0.3, 0.4) is 0 Å². The molecule has 4 nitrogen and oxygen atoms in total. The molecule has 2 fully saturated rings. The van der Waals surface area contributed by atoms with Crippen molar-refractivity contribution in [1.29, 1.82) is 0 Å². The summed E-state index contributed by atoms with van der Waals surface area (Å²) in [5.74, 6) is 1.70. The van der Waals surface area contributed by atoms with Crippen LogP contribution in [0, 0.1) is 11.8 Å². The monoisotopic (exact) mass is 269 g/mol. The zero-order chi connectivity index (χ0) is 13.8. The average Bonchev–Trinajstić information content (AvgIpc) is 2.38. The summed E-state index contributed by atoms with van der Waals surface area (Å²) in [5, 5.41) is 0. The largest absolute Gasteiger partial charge is 0.450 e. The van der Waals surface area contributed by atoms with Crippen LogP contribution in [0.15, 0.2) is 0 Å². The molecule has 19 heavy (non-hydrogen) atoms. The molecule has 2 saturated heterocycles. The topological polar surface area (TPSA) is 34.0 Å². The second-order valence-electron chi connectivity index (χ2n) is 6.47. The van der Waals surface area contributed by atoms with E-state index >= 15 is 0 Å². The number of carbonyl (C=O) groups is 1. The Labute approximate surface area is 117 Å². The molecule has 110 valence electrons. The van der Waals surface area contributed by atoms with Crippen molar-refractivity contribution in [3.05, 3.63) is 0 Å². The number of rotatable bonds is 2. The Morgan fingerprint density at radius 3 is 2.32 bits per heavy atom. The number of piperidine rings is 2. The van der Waals surface area contributed by atoms with E-state index in [0.29, 0.717) is 6.61 Å². The van der Waals surface area contributed by atoms with Crippen molar-refractivity contribution in [2.24, 2.45) is 11.8 Å². The fourth-order valence-corrected chi connectivity index (χ4v) is 3.85. The van der Waals surface area contributed by atoms with Crippen LogP contribution in [0.1, 0.15) is 40.0 Å². The molecular weight excluding hydrogens is 240 g/mol. The number of amides is 1. The standard InChI is InChI=1S/C15H28N2O2/c1-4-19-15(18)16-7-5-14(6-8-16)17-10-12(2)9-13(3)11-17/h12-14H,4-11H2,1-3H3/p+1/t12-,13+. The van der Waals surface area contributed by atoms with Crippen molar-refractivity contribution in [3.8, 4) is 0 Å². The number of likely N-dealkylation sites (tertiary alicyclic amines) is 2. The molecule has 4 heteroatoms. The highest BCUT2D eigenvalue weighted by atomic mass is 16.6. The maximum atomic E-state index is 11.7. The Morgan fingerprint density at radius 2 is 1.79 bits per heavy atom. The van der Waals surface area contributed by atoms with Gasteiger partial charge in [0.05, 0.1) is 25.7 Å². The number of carbonyl (C=O) groups excluding carboxylic acids is 1. The number of nitrogens with zero attached hydrogens (tertiary/aromatic N) is 1. The molecule has 0 aromatic rings. The van der Waals surface area contributed by atoms with Gasteiger partial charge in [0.15, 0.2) is 0 Å². The molecule has 1 amide bonds. The maximum absolute atomic E-state index is 11.7. The lowest BCUT2D eigenvalue weighted by Gasteiger charge is -2.40. The van der Waals surface area contributed by atoms with E-state index in [2.05, 4.69) is 13.8 Å². The van der Waals surface area contributed by atoms with Crippen LogP contribution in [0.5, 0.6) is 0 Å². The van der Waals surface area contributed by atoms with Gasteiger partial charge in [0.25, 0.3) is 0 Å². The molecule has 0 spiro atoms. The first-order valence-corrected chi connectivity index (χ1v) is 7.86. The lowest BCUT2D eigenvalue weighted by Crippen LogP contribution is -3.18. The van der Waals surface area contributed by atoms with E-state index in [9.17, 15) is 4.79 Å². The number of quaternary nitrogens is 1. The molecule has 0 bridgehead atoms. The maximum Gasteiger partial charge on any atom is 0.409 e. The Balaban J connectivity index is 1.81. The lowest BCUT2D eigenvalue weighted by atomic mass is 9.89. The second kappa shape index (κ2) is 6.60. The summed E-state index contributed by atoms with van der Waals surface area (Å²) >= 11 is 0. The van der Waals surface area contributed by atoms with Crippen LogP contribution in [-0.4, -0.2) is 49.8 Å². The van der Waals surface area contributed by atoms with Crippen molar-refractivity contribution in [2.75, 3.05) is 32.8 Å². The van der Waals surface area contributed by atoms with Gasteiger partial charge in [-0.3, -0.25) is 0 Å². The summed E-state index contributed by atoms with van der Waals surface area (Å²) < 4.78 is 5.08. The van der Waals surface area contributed by atoms with Crippen molar-refractivity contribution in [1.82, 2.24) is 4.90 Å². The highest BCUT2D eigenvalue weighted by molar-refractivity contribution is 5.67. The first-order chi connectivity index (χ1) is 9.10. The van der Waals surface area contributed by atoms with Gasteiger partial charge in [0.2, 0.25) is 0 Å². The van der Waals surface area contributed by atoms with Gasteiger partial charge in [-0.25, -0.2) is 4.79 Å². The third-order valence-corrected chi connectivity index (χ3v) is 4.62. The summed E-state index contributed by atoms with van der Waals surface area (Å²) in [6, 6.07) is 0.746. The Kier molecular flexibility index (Phi) is 5.08. The average molecular weight is 269 g/mol. The molecular formula is C15H29N2O2+. The van der Waals surface area contributed by atoms with Crippen molar-refractivity contribution in [2.45, 2.75) is 46.1 Å². The molecule has 0 aromatic heterocycles. The van der Waals surface area contributed by atoms with Gasteiger partial charge in [0.1, 0.15) is 0 Å². The third kappa shape index (κ3) is 3.85. The van der Waals surface area contributed by atoms with E-state index in [-0.39, 0.29) is 6.09 Å². The summed E-state index contributed by atoms with van der Waals surface area (Å²) in [6.45, 7) is 11.5. The molecule has 2 heterocycles. The first-order valence-electron chi connectivity index (χ1n) is 7.86. The number of hydrogen-bond donors (Lipinski definition) is 1. The van der Waals surface area contributed by atoms with Gasteiger partial charge in [-0.05, 0) is 13.3 Å². The SMILES string of the molecule is CCOC(=O)N1CCC([NH+]2C[C@H](C)C[C@H](C)C2)CC1. The van der Waals surface area contributed by atoms with Crippen molar-refractivity contribution < 1.29 is 14.4 Å². The first kappa shape index (κ1) is 14.6. The molecule has 2 aliphatic rings. The van der Waals surface area contributed by atoms with Gasteiger partial charge in [-0.1, -0.05) is 13.8 Å². The molecule has 2 aliphatic heterocycles. The number of hydrogen-bond acceptors (Lipinski definition) is 2. The predicted octanol–water partition coefficient (Wildman–Crippen LogP) is 1.17. The van der Waals surface area contributed by atoms with Crippen LogP contribution in [0.2, 0.25) is 0 Å². The van der Waals surface area contributed by atoms with Crippen LogP contribution in [0.4, 0.5) is 4.79 Å². The highest BCUT2D eigenvalue weighted by Gasteiger charge is 2.34. The Morgan fingerprint density at radius 1 is 1.21 bits per heavy atom. The van der Waals surface area contributed by atoms with E-state index in [0.717, 1.165) is 43.8 Å². The number of nitrogens with one attached hydrogen (secondary N) is 1. The quantitative estimate of drug-likeness (QED) is 0.816. The van der Waals surface area contributed by atoms with Gasteiger partial charge in [-0.2, -0.15) is 0 Å². The minimum absolute atomic E-state index is 0.128. The predicted molar refractivity (Wildman–Crippen MR) is 75.3 cm³/mol.